The van der Waals surface area contributed by atoms with Gasteiger partial charge in [0, 0.05) is 44.0 Å². The van der Waals surface area contributed by atoms with Crippen molar-refractivity contribution < 1.29 is 28.5 Å². The monoisotopic (exact) mass is 554 g/mol. The van der Waals surface area contributed by atoms with Crippen LogP contribution < -0.4 is 9.47 Å². The number of hydrogen-bond acceptors (Lipinski definition) is 8. The highest BCUT2D eigenvalue weighted by atomic mass is 16.5. The number of rotatable bonds is 9. The summed E-state index contributed by atoms with van der Waals surface area (Å²) < 4.78 is 22.9. The topological polar surface area (TPSA) is 103 Å². The minimum atomic E-state index is -0.410. The van der Waals surface area contributed by atoms with Gasteiger partial charge in [-0.2, -0.15) is 0 Å². The number of ether oxygens (including phenoxy) is 4. The summed E-state index contributed by atoms with van der Waals surface area (Å²) in [7, 11) is 1.59. The van der Waals surface area contributed by atoms with Gasteiger partial charge in [-0.3, -0.25) is 19.6 Å². The molecule has 2 saturated heterocycles. The van der Waals surface area contributed by atoms with Crippen molar-refractivity contribution in [2.45, 2.75) is 58.5 Å². The van der Waals surface area contributed by atoms with E-state index in [9.17, 15) is 9.59 Å². The van der Waals surface area contributed by atoms with Crippen LogP contribution in [0, 0.1) is 0 Å². The van der Waals surface area contributed by atoms with Crippen LogP contribution in [0.2, 0.25) is 0 Å². The lowest BCUT2D eigenvalue weighted by Crippen LogP contribution is -2.44. The Balaban J connectivity index is 1.46. The highest BCUT2D eigenvalue weighted by Crippen LogP contribution is 2.34. The van der Waals surface area contributed by atoms with Gasteiger partial charge in [0.05, 0.1) is 62.2 Å². The fourth-order valence-electron chi connectivity index (χ4n) is 5.02. The largest absolute Gasteiger partial charge is 0.495 e. The summed E-state index contributed by atoms with van der Waals surface area (Å²) in [5.74, 6) is 1.18. The number of methoxy groups -OCH3 is 1. The molecule has 2 amide bonds. The molecule has 2 aliphatic heterocycles. The van der Waals surface area contributed by atoms with Crippen LogP contribution in [0.4, 0.5) is 0 Å². The van der Waals surface area contributed by atoms with Crippen LogP contribution in [0.5, 0.6) is 11.5 Å². The van der Waals surface area contributed by atoms with E-state index in [1.54, 1.807) is 41.4 Å². The molecule has 40 heavy (non-hydrogen) atoms. The Hall–Kier alpha value is -3.24. The van der Waals surface area contributed by atoms with Gasteiger partial charge >= 0.3 is 0 Å². The number of pyridine rings is 2. The molecule has 2 aliphatic rings. The fraction of sp³-hybridized carbons (Fsp3) is 0.600. The Bertz CT molecular complexity index is 1190. The van der Waals surface area contributed by atoms with Crippen LogP contribution >= 0.6 is 0 Å². The third-order valence-electron chi connectivity index (χ3n) is 7.45. The Morgan fingerprint density at radius 2 is 1.62 bits per heavy atom. The smallest absolute Gasteiger partial charge is 0.255 e. The molecule has 0 spiro atoms. The van der Waals surface area contributed by atoms with Gasteiger partial charge in [-0.25, -0.2) is 0 Å². The third-order valence-corrected chi connectivity index (χ3v) is 7.45. The van der Waals surface area contributed by atoms with E-state index in [1.807, 2.05) is 6.92 Å². The summed E-state index contributed by atoms with van der Waals surface area (Å²) in [5, 5.41) is 0. The van der Waals surface area contributed by atoms with Crippen molar-refractivity contribution in [3.05, 3.63) is 47.0 Å². The third kappa shape index (κ3) is 6.90. The number of carbonyl (C=O) groups is 2. The molecule has 0 bridgehead atoms. The average Bonchev–Trinajstić information content (AvgIpc) is 2.96. The summed E-state index contributed by atoms with van der Waals surface area (Å²) in [6.45, 7) is 14.5. The molecule has 2 aromatic rings. The van der Waals surface area contributed by atoms with E-state index in [-0.39, 0.29) is 23.8 Å². The van der Waals surface area contributed by atoms with Crippen molar-refractivity contribution in [3.63, 3.8) is 0 Å². The number of carbonyl (C=O) groups excluding carboxylic acids is 2. The normalized spacial score (nSPS) is 18.1. The highest BCUT2D eigenvalue weighted by Gasteiger charge is 2.29. The van der Waals surface area contributed by atoms with Gasteiger partial charge < -0.3 is 28.7 Å². The molecule has 10 heteroatoms. The van der Waals surface area contributed by atoms with Gasteiger partial charge in [-0.1, -0.05) is 27.7 Å². The molecular formula is C30H42N4O6. The molecule has 0 radical (unpaired) electrons. The Labute approximate surface area is 237 Å². The van der Waals surface area contributed by atoms with Crippen LogP contribution in [0.3, 0.4) is 0 Å². The summed E-state index contributed by atoms with van der Waals surface area (Å²) >= 11 is 0. The van der Waals surface area contributed by atoms with Crippen LogP contribution in [0.1, 0.15) is 79.1 Å². The van der Waals surface area contributed by atoms with Gasteiger partial charge in [-0.05, 0) is 31.4 Å². The zero-order valence-corrected chi connectivity index (χ0v) is 24.6. The number of nitrogens with zero attached hydrogens (tertiary/aromatic N) is 4. The molecular weight excluding hydrogens is 512 g/mol. The average molecular weight is 555 g/mol. The van der Waals surface area contributed by atoms with E-state index in [0.717, 1.165) is 11.4 Å². The molecule has 10 nitrogen and oxygen atoms in total. The molecule has 0 aliphatic carbocycles. The Morgan fingerprint density at radius 1 is 1.00 bits per heavy atom. The lowest BCUT2D eigenvalue weighted by molar-refractivity contribution is -0.0124. The van der Waals surface area contributed by atoms with E-state index in [0.29, 0.717) is 81.7 Å². The number of amides is 2. The maximum atomic E-state index is 13.1. The minimum Gasteiger partial charge on any atom is -0.495 e. The molecule has 0 saturated carbocycles. The van der Waals surface area contributed by atoms with Crippen LogP contribution in [0.25, 0.3) is 0 Å². The molecule has 218 valence electrons. The predicted molar refractivity (Wildman–Crippen MR) is 150 cm³/mol. The molecule has 4 rings (SSSR count). The summed E-state index contributed by atoms with van der Waals surface area (Å²) in [4.78, 5) is 39.0. The zero-order chi connectivity index (χ0) is 28.9. The van der Waals surface area contributed by atoms with E-state index in [2.05, 4.69) is 37.7 Å². The van der Waals surface area contributed by atoms with Crippen molar-refractivity contribution >= 4 is 11.8 Å². The first kappa shape index (κ1) is 29.7. The van der Waals surface area contributed by atoms with Gasteiger partial charge in [0.2, 0.25) is 0 Å². The second-order valence-electron chi connectivity index (χ2n) is 11.4. The molecule has 1 unspecified atom stereocenters. The quantitative estimate of drug-likeness (QED) is 0.463. The van der Waals surface area contributed by atoms with Gasteiger partial charge in [0.1, 0.15) is 11.5 Å². The SMILES string of the molecule is COc1cc(C(=O)N2CCOC(C)C2)cnc1C(C)(C)CCOc1cc(C(=O)N2CCOCC2)cnc1C(C)C. The van der Waals surface area contributed by atoms with Gasteiger partial charge in [0.15, 0.2) is 0 Å². The fourth-order valence-corrected chi connectivity index (χ4v) is 5.02. The number of hydrogen-bond donors (Lipinski definition) is 0. The van der Waals surface area contributed by atoms with E-state index < -0.39 is 5.41 Å². The second kappa shape index (κ2) is 13.0. The lowest BCUT2D eigenvalue weighted by Gasteiger charge is -2.31. The molecule has 4 heterocycles. The first-order valence-corrected chi connectivity index (χ1v) is 14.1. The highest BCUT2D eigenvalue weighted by molar-refractivity contribution is 5.95. The first-order chi connectivity index (χ1) is 19.1. The van der Waals surface area contributed by atoms with Crippen LogP contribution in [-0.4, -0.2) is 97.4 Å². The van der Waals surface area contributed by atoms with Crippen molar-refractivity contribution in [1.29, 1.82) is 0 Å². The van der Waals surface area contributed by atoms with Crippen molar-refractivity contribution in [3.8, 4) is 11.5 Å². The van der Waals surface area contributed by atoms with Crippen molar-refractivity contribution in [2.75, 3.05) is 59.7 Å². The summed E-state index contributed by atoms with van der Waals surface area (Å²) in [6, 6.07) is 3.58. The van der Waals surface area contributed by atoms with E-state index in [4.69, 9.17) is 18.9 Å². The van der Waals surface area contributed by atoms with Crippen LogP contribution in [-0.2, 0) is 14.9 Å². The molecule has 2 fully saturated rings. The first-order valence-electron chi connectivity index (χ1n) is 14.1. The van der Waals surface area contributed by atoms with Crippen molar-refractivity contribution in [1.82, 2.24) is 19.8 Å². The minimum absolute atomic E-state index is 0.00959. The standard InChI is InChI=1S/C30H42N4O6/c1-20(2)26-24(15-22(17-31-26)28(35)33-8-12-38-13-9-33)40-11-7-30(4,5)27-25(37-6)16-23(18-32-27)29(36)34-10-14-39-21(3)19-34/h15-18,20-21H,7-14,19H2,1-6H3. The predicted octanol–water partition coefficient (Wildman–Crippen LogP) is 3.69. The maximum Gasteiger partial charge on any atom is 0.255 e. The molecule has 0 N–H and O–H groups in total. The maximum absolute atomic E-state index is 13.1. The zero-order valence-electron chi connectivity index (χ0n) is 24.6. The summed E-state index contributed by atoms with van der Waals surface area (Å²) in [5.41, 5.74) is 2.17. The Kier molecular flexibility index (Phi) is 9.63. The Morgan fingerprint density at radius 3 is 2.27 bits per heavy atom. The van der Waals surface area contributed by atoms with E-state index in [1.165, 1.54) is 0 Å². The number of morpholine rings is 2. The molecule has 0 aromatic carbocycles. The molecule has 1 atom stereocenters. The van der Waals surface area contributed by atoms with E-state index >= 15 is 0 Å². The van der Waals surface area contributed by atoms with Crippen molar-refractivity contribution in [2.24, 2.45) is 0 Å². The van der Waals surface area contributed by atoms with Crippen LogP contribution in [0.15, 0.2) is 24.5 Å². The second-order valence-corrected chi connectivity index (χ2v) is 11.4. The number of aromatic nitrogens is 2. The lowest BCUT2D eigenvalue weighted by atomic mass is 9.84. The van der Waals surface area contributed by atoms with Gasteiger partial charge in [-0.15, -0.1) is 0 Å². The molecule has 2 aromatic heterocycles. The summed E-state index contributed by atoms with van der Waals surface area (Å²) in [6.07, 6.45) is 3.91. The van der Waals surface area contributed by atoms with Gasteiger partial charge in [0.25, 0.3) is 11.8 Å².